The number of hydrazone groups is 1. The van der Waals surface area contributed by atoms with Crippen LogP contribution in [0, 0.1) is 24.1 Å². The van der Waals surface area contributed by atoms with Gasteiger partial charge in [-0.05, 0) is 37.3 Å². The maximum Gasteiger partial charge on any atom is 0.471 e. The van der Waals surface area contributed by atoms with Gasteiger partial charge in [-0.15, -0.1) is 5.10 Å². The Kier molecular flexibility index (Phi) is 5.70. The van der Waals surface area contributed by atoms with Crippen LogP contribution in [-0.2, 0) is 14.3 Å². The summed E-state index contributed by atoms with van der Waals surface area (Å²) in [5, 5.41) is 11.6. The molecule has 11 heteroatoms. The summed E-state index contributed by atoms with van der Waals surface area (Å²) in [6.07, 6.45) is -5.23. The van der Waals surface area contributed by atoms with Gasteiger partial charge in [0.1, 0.15) is 16.8 Å². The van der Waals surface area contributed by atoms with Crippen LogP contribution in [0.4, 0.5) is 23.2 Å². The van der Waals surface area contributed by atoms with Gasteiger partial charge in [-0.3, -0.25) is 5.43 Å². The van der Waals surface area contributed by atoms with Crippen molar-refractivity contribution in [2.45, 2.75) is 18.0 Å². The van der Waals surface area contributed by atoms with Crippen molar-refractivity contribution in [2.24, 2.45) is 5.10 Å². The molecule has 0 fully saturated rings. The van der Waals surface area contributed by atoms with Crippen molar-refractivity contribution in [3.05, 3.63) is 59.4 Å². The predicted molar refractivity (Wildman–Crippen MR) is 87.7 cm³/mol. The minimum absolute atomic E-state index is 0.175. The minimum atomic E-state index is -5.23. The fourth-order valence-electron chi connectivity index (χ4n) is 1.78. The van der Waals surface area contributed by atoms with E-state index in [0.29, 0.717) is 5.56 Å². The first-order valence-corrected chi connectivity index (χ1v) is 8.55. The molecule has 0 radical (unpaired) electrons. The number of anilines is 1. The van der Waals surface area contributed by atoms with Crippen LogP contribution in [0.1, 0.15) is 11.1 Å². The van der Waals surface area contributed by atoms with Crippen molar-refractivity contribution in [3.63, 3.8) is 0 Å². The summed E-state index contributed by atoms with van der Waals surface area (Å²) >= 11 is 0. The third kappa shape index (κ3) is 5.18. The number of halogens is 4. The number of rotatable bonds is 4. The zero-order valence-corrected chi connectivity index (χ0v) is 14.4. The third-order valence-electron chi connectivity index (χ3n) is 3.11. The van der Waals surface area contributed by atoms with Gasteiger partial charge in [0.25, 0.3) is 0 Å². The number of alkyl halides is 3. The molecule has 0 aliphatic carbocycles. The summed E-state index contributed by atoms with van der Waals surface area (Å²) in [5.74, 6) is -2.95. The minimum Gasteiger partial charge on any atom is -0.351 e. The van der Waals surface area contributed by atoms with Crippen LogP contribution in [0.3, 0.4) is 0 Å². The van der Waals surface area contributed by atoms with Crippen LogP contribution in [0.25, 0.3) is 0 Å². The highest BCUT2D eigenvalue weighted by Gasteiger charge is 2.42. The maximum atomic E-state index is 13.2. The lowest BCUT2D eigenvalue weighted by Gasteiger charge is -2.12. The van der Waals surface area contributed by atoms with E-state index in [4.69, 9.17) is 5.26 Å². The molecule has 0 saturated heterocycles. The second-order valence-electron chi connectivity index (χ2n) is 5.18. The van der Waals surface area contributed by atoms with Crippen LogP contribution in [0.2, 0.25) is 0 Å². The van der Waals surface area contributed by atoms with Gasteiger partial charge in [-0.25, -0.2) is 4.39 Å². The first-order chi connectivity index (χ1) is 12.5. The van der Waals surface area contributed by atoms with E-state index < -0.39 is 38.5 Å². The molecule has 1 N–H and O–H groups in total. The molecule has 27 heavy (non-hydrogen) atoms. The van der Waals surface area contributed by atoms with Crippen molar-refractivity contribution in [2.75, 3.05) is 5.43 Å². The SMILES string of the molecule is Cc1ccc(S(=O)(=O)OC(=NNc2ccc(F)c(C#N)c2)C(F)(F)F)cc1. The van der Waals surface area contributed by atoms with E-state index in [1.807, 2.05) is 5.43 Å². The van der Waals surface area contributed by atoms with Gasteiger partial charge in [0.2, 0.25) is 0 Å². The van der Waals surface area contributed by atoms with Gasteiger partial charge in [-0.2, -0.15) is 26.9 Å². The molecule has 0 spiro atoms. The second kappa shape index (κ2) is 7.63. The van der Waals surface area contributed by atoms with Gasteiger partial charge >= 0.3 is 22.2 Å². The van der Waals surface area contributed by atoms with E-state index in [0.717, 1.165) is 30.3 Å². The molecule has 0 unspecified atom stereocenters. The fraction of sp³-hybridized carbons (Fsp3) is 0.125. The molecule has 0 heterocycles. The molecule has 142 valence electrons. The lowest BCUT2D eigenvalue weighted by atomic mass is 10.2. The summed E-state index contributed by atoms with van der Waals surface area (Å²) in [4.78, 5) is -0.487. The zero-order chi connectivity index (χ0) is 20.2. The Morgan fingerprint density at radius 3 is 2.37 bits per heavy atom. The maximum absolute atomic E-state index is 13.2. The van der Waals surface area contributed by atoms with Gasteiger partial charge in [0, 0.05) is 0 Å². The monoisotopic (exact) mass is 401 g/mol. The Morgan fingerprint density at radius 1 is 1.19 bits per heavy atom. The number of aryl methyl sites for hydroxylation is 1. The average Bonchev–Trinajstić information content (AvgIpc) is 2.59. The highest BCUT2D eigenvalue weighted by atomic mass is 32.2. The first kappa shape index (κ1) is 20.2. The third-order valence-corrected chi connectivity index (χ3v) is 4.34. The Balaban J connectivity index is 2.32. The predicted octanol–water partition coefficient (Wildman–Crippen LogP) is 3.70. The molecule has 0 saturated carbocycles. The number of nitrogens with zero attached hydrogens (tertiary/aromatic N) is 2. The molecule has 0 aliphatic rings. The van der Waals surface area contributed by atoms with Crippen LogP contribution >= 0.6 is 0 Å². The van der Waals surface area contributed by atoms with Gasteiger partial charge in [0.05, 0.1) is 11.3 Å². The Bertz CT molecular complexity index is 1010. The molecule has 0 aromatic heterocycles. The summed E-state index contributed by atoms with van der Waals surface area (Å²) in [6, 6.07) is 9.22. The highest BCUT2D eigenvalue weighted by molar-refractivity contribution is 7.87. The molecular formula is C16H11F4N3O3S. The number of nitriles is 1. The van der Waals surface area contributed by atoms with Crippen molar-refractivity contribution in [1.29, 1.82) is 5.26 Å². The van der Waals surface area contributed by atoms with Crippen molar-refractivity contribution in [1.82, 2.24) is 0 Å². The first-order valence-electron chi connectivity index (χ1n) is 7.14. The molecule has 0 aliphatic heterocycles. The van der Waals surface area contributed by atoms with E-state index in [2.05, 4.69) is 9.28 Å². The molecule has 0 amide bonds. The lowest BCUT2D eigenvalue weighted by Crippen LogP contribution is -2.29. The average molecular weight is 401 g/mol. The van der Waals surface area contributed by atoms with E-state index in [1.165, 1.54) is 18.2 Å². The van der Waals surface area contributed by atoms with Crippen LogP contribution in [0.5, 0.6) is 0 Å². The largest absolute Gasteiger partial charge is 0.471 e. The summed E-state index contributed by atoms with van der Waals surface area (Å²) < 4.78 is 80.6. The number of hydrogen-bond acceptors (Lipinski definition) is 6. The topological polar surface area (TPSA) is 91.6 Å². The van der Waals surface area contributed by atoms with E-state index in [-0.39, 0.29) is 5.69 Å². The molecule has 2 aromatic carbocycles. The molecule has 0 atom stereocenters. The highest BCUT2D eigenvalue weighted by Crippen LogP contribution is 2.23. The molecule has 2 rings (SSSR count). The molecule has 6 nitrogen and oxygen atoms in total. The van der Waals surface area contributed by atoms with E-state index >= 15 is 0 Å². The van der Waals surface area contributed by atoms with Crippen LogP contribution in [0.15, 0.2) is 52.5 Å². The second-order valence-corrected chi connectivity index (χ2v) is 6.73. The van der Waals surface area contributed by atoms with Crippen LogP contribution in [-0.4, -0.2) is 20.5 Å². The molecule has 2 aromatic rings. The summed E-state index contributed by atoms with van der Waals surface area (Å²) in [5.41, 5.74) is 1.99. The van der Waals surface area contributed by atoms with Gasteiger partial charge in [-0.1, -0.05) is 17.7 Å². The van der Waals surface area contributed by atoms with Crippen molar-refractivity contribution in [3.8, 4) is 6.07 Å². The normalized spacial score (nSPS) is 12.4. The standard InChI is InChI=1S/C16H11F4N3O3S/c1-10-2-5-13(6-3-10)27(24,25)26-15(16(18,19)20)23-22-12-4-7-14(17)11(8-12)9-21/h2-8,22H,1H3. The van der Waals surface area contributed by atoms with Crippen LogP contribution < -0.4 is 5.43 Å². The van der Waals surface area contributed by atoms with Gasteiger partial charge < -0.3 is 4.18 Å². The molecular weight excluding hydrogens is 390 g/mol. The van der Waals surface area contributed by atoms with E-state index in [9.17, 15) is 26.0 Å². The molecule has 0 bridgehead atoms. The smallest absolute Gasteiger partial charge is 0.351 e. The summed E-state index contributed by atoms with van der Waals surface area (Å²) in [7, 11) is -4.79. The Morgan fingerprint density at radius 2 is 1.81 bits per heavy atom. The summed E-state index contributed by atoms with van der Waals surface area (Å²) in [6.45, 7) is 1.67. The Hall–Kier alpha value is -3.13. The number of nitrogens with one attached hydrogen (secondary N) is 1. The lowest BCUT2D eigenvalue weighted by molar-refractivity contribution is -0.0707. The van der Waals surface area contributed by atoms with Crippen molar-refractivity contribution < 1.29 is 30.2 Å². The number of benzene rings is 2. The Labute approximate surface area is 151 Å². The number of hydrogen-bond donors (Lipinski definition) is 1. The van der Waals surface area contributed by atoms with Crippen molar-refractivity contribution >= 4 is 21.7 Å². The van der Waals surface area contributed by atoms with E-state index in [1.54, 1.807) is 6.92 Å². The zero-order valence-electron chi connectivity index (χ0n) is 13.6. The van der Waals surface area contributed by atoms with Gasteiger partial charge in [0.15, 0.2) is 0 Å². The fourth-order valence-corrected chi connectivity index (χ4v) is 2.69. The quantitative estimate of drug-likeness (QED) is 0.277.